The maximum absolute atomic E-state index is 12.5. The first-order valence-electron chi connectivity index (χ1n) is 8.67. The zero-order valence-electron chi connectivity index (χ0n) is 14.8. The molecular formula is C18H20N6O2. The molecule has 0 atom stereocenters. The molecule has 1 fully saturated rings. The van der Waals surface area contributed by atoms with Gasteiger partial charge in [0, 0.05) is 25.2 Å². The molecule has 8 heteroatoms. The van der Waals surface area contributed by atoms with E-state index in [4.69, 9.17) is 4.52 Å². The summed E-state index contributed by atoms with van der Waals surface area (Å²) >= 11 is 0. The van der Waals surface area contributed by atoms with Crippen LogP contribution in [0.4, 0.5) is 11.6 Å². The molecule has 4 rings (SSSR count). The molecule has 0 unspecified atom stereocenters. The van der Waals surface area contributed by atoms with Crippen molar-refractivity contribution in [3.05, 3.63) is 35.9 Å². The highest BCUT2D eigenvalue weighted by atomic mass is 16.5. The molecule has 1 N–H and O–H groups in total. The van der Waals surface area contributed by atoms with Gasteiger partial charge in [-0.1, -0.05) is 11.2 Å². The molecule has 0 radical (unpaired) electrons. The molecule has 1 amide bonds. The number of aryl methyl sites for hydroxylation is 2. The van der Waals surface area contributed by atoms with Gasteiger partial charge in [-0.15, -0.1) is 0 Å². The number of piperidine rings is 1. The van der Waals surface area contributed by atoms with E-state index < -0.39 is 0 Å². The quantitative estimate of drug-likeness (QED) is 0.773. The van der Waals surface area contributed by atoms with Gasteiger partial charge in [-0.3, -0.25) is 4.79 Å². The van der Waals surface area contributed by atoms with Crippen molar-refractivity contribution in [1.29, 1.82) is 0 Å². The van der Waals surface area contributed by atoms with Crippen LogP contribution in [0.25, 0.3) is 11.1 Å². The number of hydrogen-bond donors (Lipinski definition) is 1. The van der Waals surface area contributed by atoms with Crippen molar-refractivity contribution in [3.8, 4) is 0 Å². The van der Waals surface area contributed by atoms with E-state index in [9.17, 15) is 4.79 Å². The Kier molecular flexibility index (Phi) is 4.24. The van der Waals surface area contributed by atoms with Crippen LogP contribution in [0.3, 0.4) is 0 Å². The third-order valence-corrected chi connectivity index (χ3v) is 4.75. The molecule has 0 aromatic carbocycles. The van der Waals surface area contributed by atoms with Gasteiger partial charge in [0.15, 0.2) is 0 Å². The van der Waals surface area contributed by atoms with Crippen LogP contribution in [0.2, 0.25) is 0 Å². The van der Waals surface area contributed by atoms with E-state index >= 15 is 0 Å². The predicted molar refractivity (Wildman–Crippen MR) is 96.9 cm³/mol. The maximum atomic E-state index is 12.5. The van der Waals surface area contributed by atoms with Crippen LogP contribution in [0, 0.1) is 19.8 Å². The van der Waals surface area contributed by atoms with Crippen LogP contribution < -0.4 is 10.2 Å². The lowest BCUT2D eigenvalue weighted by Crippen LogP contribution is -2.38. The third-order valence-electron chi connectivity index (χ3n) is 4.75. The van der Waals surface area contributed by atoms with Gasteiger partial charge in [-0.2, -0.15) is 4.98 Å². The van der Waals surface area contributed by atoms with Crippen molar-refractivity contribution in [1.82, 2.24) is 20.1 Å². The fourth-order valence-corrected chi connectivity index (χ4v) is 3.27. The Morgan fingerprint density at radius 2 is 2.00 bits per heavy atom. The second kappa shape index (κ2) is 6.70. The molecular weight excluding hydrogens is 332 g/mol. The van der Waals surface area contributed by atoms with Crippen LogP contribution in [0.1, 0.15) is 24.1 Å². The number of hydrogen-bond acceptors (Lipinski definition) is 7. The Morgan fingerprint density at radius 1 is 1.19 bits per heavy atom. The van der Waals surface area contributed by atoms with Crippen LogP contribution in [0.15, 0.2) is 29.2 Å². The molecule has 0 aliphatic carbocycles. The molecule has 26 heavy (non-hydrogen) atoms. The lowest BCUT2D eigenvalue weighted by Gasteiger charge is -2.32. The average Bonchev–Trinajstić information content (AvgIpc) is 3.05. The highest BCUT2D eigenvalue weighted by Gasteiger charge is 2.27. The van der Waals surface area contributed by atoms with Gasteiger partial charge in [-0.25, -0.2) is 9.97 Å². The summed E-state index contributed by atoms with van der Waals surface area (Å²) in [7, 11) is 0. The van der Waals surface area contributed by atoms with Gasteiger partial charge < -0.3 is 14.7 Å². The summed E-state index contributed by atoms with van der Waals surface area (Å²) in [6, 6.07) is 3.77. The molecule has 4 heterocycles. The number of carbonyl (C=O) groups is 1. The number of nitrogens with zero attached hydrogens (tertiary/aromatic N) is 5. The number of rotatable bonds is 3. The van der Waals surface area contributed by atoms with Gasteiger partial charge in [0.1, 0.15) is 23.3 Å². The average molecular weight is 352 g/mol. The molecule has 1 aliphatic rings. The van der Waals surface area contributed by atoms with E-state index in [0.717, 1.165) is 48.4 Å². The SMILES string of the molecule is Cc1ccc(NC(=O)C2CCN(c3ncnc4onc(C)c34)CC2)nc1. The summed E-state index contributed by atoms with van der Waals surface area (Å²) in [5.41, 5.74) is 2.34. The largest absolute Gasteiger partial charge is 0.356 e. The molecule has 0 bridgehead atoms. The number of anilines is 2. The highest BCUT2D eigenvalue weighted by molar-refractivity contribution is 5.92. The van der Waals surface area contributed by atoms with Gasteiger partial charge in [-0.05, 0) is 38.3 Å². The Hall–Kier alpha value is -3.03. The van der Waals surface area contributed by atoms with E-state index in [0.29, 0.717) is 11.5 Å². The Labute approximate surface area is 150 Å². The van der Waals surface area contributed by atoms with Crippen molar-refractivity contribution in [3.63, 3.8) is 0 Å². The second-order valence-electron chi connectivity index (χ2n) is 6.62. The number of fused-ring (bicyclic) bond motifs is 1. The van der Waals surface area contributed by atoms with Crippen molar-refractivity contribution in [2.24, 2.45) is 5.92 Å². The Morgan fingerprint density at radius 3 is 2.73 bits per heavy atom. The monoisotopic (exact) mass is 352 g/mol. The molecule has 1 aliphatic heterocycles. The first-order valence-corrected chi connectivity index (χ1v) is 8.67. The van der Waals surface area contributed by atoms with Crippen LogP contribution in [-0.4, -0.2) is 39.1 Å². The Bertz CT molecular complexity index is 929. The van der Waals surface area contributed by atoms with E-state index in [1.54, 1.807) is 6.20 Å². The van der Waals surface area contributed by atoms with E-state index in [2.05, 4.69) is 30.3 Å². The van der Waals surface area contributed by atoms with Crippen molar-refractivity contribution in [2.75, 3.05) is 23.3 Å². The highest BCUT2D eigenvalue weighted by Crippen LogP contribution is 2.29. The van der Waals surface area contributed by atoms with Crippen LogP contribution >= 0.6 is 0 Å². The van der Waals surface area contributed by atoms with E-state index in [-0.39, 0.29) is 11.8 Å². The fourth-order valence-electron chi connectivity index (χ4n) is 3.27. The minimum Gasteiger partial charge on any atom is -0.356 e. The molecule has 8 nitrogen and oxygen atoms in total. The molecule has 1 saturated heterocycles. The molecule has 0 saturated carbocycles. The topological polar surface area (TPSA) is 97.0 Å². The summed E-state index contributed by atoms with van der Waals surface area (Å²) in [6.45, 7) is 5.34. The summed E-state index contributed by atoms with van der Waals surface area (Å²) in [5, 5.41) is 7.73. The Balaban J connectivity index is 1.43. The van der Waals surface area contributed by atoms with Gasteiger partial charge in [0.05, 0.1) is 5.69 Å². The standard InChI is InChI=1S/C18H20N6O2/c1-11-3-4-14(19-9-11)22-17(25)13-5-7-24(8-6-13)16-15-12(2)23-26-18(15)21-10-20-16/h3-4,9-10,13H,5-8H2,1-2H3,(H,19,22,25). The molecule has 3 aromatic heterocycles. The fraction of sp³-hybridized carbons (Fsp3) is 0.389. The van der Waals surface area contributed by atoms with Gasteiger partial charge in [0.2, 0.25) is 5.91 Å². The second-order valence-corrected chi connectivity index (χ2v) is 6.62. The zero-order valence-corrected chi connectivity index (χ0v) is 14.8. The predicted octanol–water partition coefficient (Wildman–Crippen LogP) is 2.48. The molecule has 0 spiro atoms. The zero-order chi connectivity index (χ0) is 18.1. The minimum atomic E-state index is -0.0322. The maximum Gasteiger partial charge on any atom is 0.263 e. The van der Waals surface area contributed by atoms with E-state index in [1.807, 2.05) is 26.0 Å². The third kappa shape index (κ3) is 3.10. The number of nitrogens with one attached hydrogen (secondary N) is 1. The van der Waals surface area contributed by atoms with Crippen molar-refractivity contribution < 1.29 is 9.32 Å². The summed E-state index contributed by atoms with van der Waals surface area (Å²) in [4.78, 5) is 27.4. The summed E-state index contributed by atoms with van der Waals surface area (Å²) in [6.07, 6.45) is 4.75. The smallest absolute Gasteiger partial charge is 0.263 e. The van der Waals surface area contributed by atoms with E-state index in [1.165, 1.54) is 6.33 Å². The molecule has 3 aromatic rings. The van der Waals surface area contributed by atoms with Crippen molar-refractivity contribution >= 4 is 28.6 Å². The number of carbonyl (C=O) groups excluding carboxylic acids is 1. The minimum absolute atomic E-state index is 0.0231. The summed E-state index contributed by atoms with van der Waals surface area (Å²) in [5.74, 6) is 1.42. The first kappa shape index (κ1) is 16.4. The normalized spacial score (nSPS) is 15.4. The lowest BCUT2D eigenvalue weighted by atomic mass is 9.95. The summed E-state index contributed by atoms with van der Waals surface area (Å²) < 4.78 is 5.22. The lowest BCUT2D eigenvalue weighted by molar-refractivity contribution is -0.120. The number of aromatic nitrogens is 4. The first-order chi connectivity index (χ1) is 12.6. The number of pyridine rings is 1. The van der Waals surface area contributed by atoms with Gasteiger partial charge >= 0.3 is 0 Å². The van der Waals surface area contributed by atoms with Gasteiger partial charge in [0.25, 0.3) is 5.71 Å². The van der Waals surface area contributed by atoms with Crippen LogP contribution in [-0.2, 0) is 4.79 Å². The van der Waals surface area contributed by atoms with Crippen LogP contribution in [0.5, 0.6) is 0 Å². The van der Waals surface area contributed by atoms with Crippen molar-refractivity contribution in [2.45, 2.75) is 26.7 Å². The number of amides is 1. The molecule has 134 valence electrons.